The summed E-state index contributed by atoms with van der Waals surface area (Å²) in [4.78, 5) is 33.2. The number of hydrogen-bond acceptors (Lipinski definition) is 7. The van der Waals surface area contributed by atoms with Crippen molar-refractivity contribution in [2.45, 2.75) is 32.7 Å². The lowest BCUT2D eigenvalue weighted by atomic mass is 9.91. The fourth-order valence-electron chi connectivity index (χ4n) is 4.91. The molecule has 1 aliphatic rings. The maximum Gasteiger partial charge on any atom is 0.338 e. The van der Waals surface area contributed by atoms with Crippen LogP contribution in [0.1, 0.15) is 55.0 Å². The van der Waals surface area contributed by atoms with Crippen molar-refractivity contribution in [3.63, 3.8) is 0 Å². The van der Waals surface area contributed by atoms with E-state index >= 15 is 0 Å². The van der Waals surface area contributed by atoms with E-state index in [2.05, 4.69) is 13.8 Å². The van der Waals surface area contributed by atoms with Crippen LogP contribution in [0.4, 0.5) is 0 Å². The molecule has 2 heterocycles. The van der Waals surface area contributed by atoms with E-state index in [4.69, 9.17) is 19.2 Å². The monoisotopic (exact) mass is 568 g/mol. The minimum Gasteiger partial charge on any atom is -0.497 e. The summed E-state index contributed by atoms with van der Waals surface area (Å²) in [5.41, 5.74) is 3.99. The van der Waals surface area contributed by atoms with Crippen LogP contribution in [0.15, 0.2) is 88.2 Å². The van der Waals surface area contributed by atoms with Crippen molar-refractivity contribution in [1.29, 1.82) is 0 Å². The highest BCUT2D eigenvalue weighted by Gasteiger charge is 2.35. The second kappa shape index (κ2) is 12.0. The number of rotatable bonds is 8. The number of ether oxygens (including phenoxy) is 3. The molecule has 41 heavy (non-hydrogen) atoms. The Hall–Kier alpha value is -4.43. The van der Waals surface area contributed by atoms with Gasteiger partial charge in [-0.05, 0) is 48.2 Å². The zero-order valence-electron chi connectivity index (χ0n) is 23.7. The smallest absolute Gasteiger partial charge is 0.338 e. The van der Waals surface area contributed by atoms with Crippen LogP contribution in [0.25, 0.3) is 11.8 Å². The first-order valence-electron chi connectivity index (χ1n) is 13.5. The highest BCUT2D eigenvalue weighted by Crippen LogP contribution is 2.35. The van der Waals surface area contributed by atoms with E-state index in [-0.39, 0.29) is 12.2 Å². The summed E-state index contributed by atoms with van der Waals surface area (Å²) < 4.78 is 18.6. The van der Waals surface area contributed by atoms with Crippen LogP contribution >= 0.6 is 11.3 Å². The standard InChI is InChI=1S/C33H32N2O5S/c1-6-40-32(37)28-29(22-10-8-7-9-11-22)34-33-35(30(28)23-14-12-21(13-15-23)20(2)3)31(36)27(41-33)19-24-18-25(38-4)16-17-26(24)39-5/h7-20,30H,6H2,1-5H3/b27-19-/t30-/m1/s1. The Morgan fingerprint density at radius 3 is 2.39 bits per heavy atom. The molecule has 0 amide bonds. The van der Waals surface area contributed by atoms with Gasteiger partial charge in [0.1, 0.15) is 11.5 Å². The number of benzene rings is 3. The fraction of sp³-hybridized carbons (Fsp3) is 0.242. The lowest BCUT2D eigenvalue weighted by Gasteiger charge is -2.26. The van der Waals surface area contributed by atoms with Gasteiger partial charge in [0.15, 0.2) is 4.80 Å². The third-order valence-corrected chi connectivity index (χ3v) is 8.00. The summed E-state index contributed by atoms with van der Waals surface area (Å²) in [6, 6.07) is 22.3. The molecule has 0 fully saturated rings. The highest BCUT2D eigenvalue weighted by molar-refractivity contribution is 7.07. The van der Waals surface area contributed by atoms with Crippen LogP contribution in [-0.4, -0.2) is 31.4 Å². The van der Waals surface area contributed by atoms with Gasteiger partial charge in [-0.15, -0.1) is 0 Å². The number of carbonyl (C=O) groups is 1. The van der Waals surface area contributed by atoms with Gasteiger partial charge < -0.3 is 14.2 Å². The topological polar surface area (TPSA) is 79.1 Å². The average Bonchev–Trinajstić information content (AvgIpc) is 3.30. The van der Waals surface area contributed by atoms with Crippen LogP contribution in [0.2, 0.25) is 0 Å². The molecular weight excluding hydrogens is 536 g/mol. The Balaban J connectivity index is 1.82. The van der Waals surface area contributed by atoms with Gasteiger partial charge in [-0.3, -0.25) is 9.36 Å². The van der Waals surface area contributed by atoms with Crippen LogP contribution in [0.3, 0.4) is 0 Å². The molecule has 0 unspecified atom stereocenters. The van der Waals surface area contributed by atoms with E-state index in [0.29, 0.717) is 43.6 Å². The maximum atomic E-state index is 14.1. The molecule has 0 bridgehead atoms. The zero-order valence-corrected chi connectivity index (χ0v) is 24.5. The molecule has 0 radical (unpaired) electrons. The fourth-order valence-corrected chi connectivity index (χ4v) is 5.90. The number of aromatic nitrogens is 1. The van der Waals surface area contributed by atoms with Crippen molar-refractivity contribution in [3.8, 4) is 11.5 Å². The van der Waals surface area contributed by atoms with Gasteiger partial charge in [-0.1, -0.05) is 79.8 Å². The number of carbonyl (C=O) groups excluding carboxylic acids is 1. The largest absolute Gasteiger partial charge is 0.497 e. The van der Waals surface area contributed by atoms with Gasteiger partial charge in [0, 0.05) is 11.1 Å². The van der Waals surface area contributed by atoms with E-state index in [9.17, 15) is 9.59 Å². The maximum absolute atomic E-state index is 14.1. The number of methoxy groups -OCH3 is 2. The number of hydrogen-bond donors (Lipinski definition) is 0. The predicted molar refractivity (Wildman–Crippen MR) is 161 cm³/mol. The minimum absolute atomic E-state index is 0.198. The molecular formula is C33H32N2O5S. The quantitative estimate of drug-likeness (QED) is 0.277. The van der Waals surface area contributed by atoms with Crippen LogP contribution in [0, 0.1) is 0 Å². The molecule has 0 saturated heterocycles. The Labute approximate surface area is 242 Å². The van der Waals surface area contributed by atoms with Gasteiger partial charge >= 0.3 is 5.97 Å². The Morgan fingerprint density at radius 2 is 1.76 bits per heavy atom. The van der Waals surface area contributed by atoms with Crippen LogP contribution < -0.4 is 24.4 Å². The summed E-state index contributed by atoms with van der Waals surface area (Å²) in [6.45, 7) is 6.22. The summed E-state index contributed by atoms with van der Waals surface area (Å²) in [6.07, 6.45) is 1.78. The summed E-state index contributed by atoms with van der Waals surface area (Å²) >= 11 is 1.27. The molecule has 0 spiro atoms. The Kier molecular flexibility index (Phi) is 8.21. The van der Waals surface area contributed by atoms with Gasteiger partial charge in [0.2, 0.25) is 0 Å². The SMILES string of the molecule is CCOC(=O)C1=C(c2ccccc2)N=c2s/c(=C\c3cc(OC)ccc3OC)c(=O)n2[C@@H]1c1ccc(C(C)C)cc1. The second-order valence-electron chi connectivity index (χ2n) is 9.86. The number of esters is 1. The third kappa shape index (κ3) is 5.47. The molecule has 8 heteroatoms. The van der Waals surface area contributed by atoms with Crippen LogP contribution in [-0.2, 0) is 9.53 Å². The third-order valence-electron chi connectivity index (χ3n) is 7.02. The van der Waals surface area contributed by atoms with Gasteiger partial charge in [0.25, 0.3) is 5.56 Å². The molecule has 1 atom stereocenters. The molecule has 1 aromatic heterocycles. The van der Waals surface area contributed by atoms with Crippen molar-refractivity contribution in [2.24, 2.45) is 4.99 Å². The second-order valence-corrected chi connectivity index (χ2v) is 10.9. The molecule has 210 valence electrons. The molecule has 0 aliphatic carbocycles. The number of thiazole rings is 1. The zero-order chi connectivity index (χ0) is 29.1. The van der Waals surface area contributed by atoms with Crippen LogP contribution in [0.5, 0.6) is 11.5 Å². The van der Waals surface area contributed by atoms with E-state index in [1.54, 1.807) is 43.9 Å². The lowest BCUT2D eigenvalue weighted by Crippen LogP contribution is -2.40. The number of nitrogens with zero attached hydrogens (tertiary/aromatic N) is 2. The molecule has 0 saturated carbocycles. The van der Waals surface area contributed by atoms with E-state index in [1.807, 2.05) is 60.7 Å². The molecule has 4 aromatic rings. The van der Waals surface area contributed by atoms with Crippen molar-refractivity contribution in [2.75, 3.05) is 20.8 Å². The number of fused-ring (bicyclic) bond motifs is 1. The summed E-state index contributed by atoms with van der Waals surface area (Å²) in [5, 5.41) is 0. The van der Waals surface area contributed by atoms with Gasteiger partial charge in [0.05, 0.1) is 42.7 Å². The Morgan fingerprint density at radius 1 is 1.02 bits per heavy atom. The predicted octanol–water partition coefficient (Wildman–Crippen LogP) is 5.08. The molecule has 5 rings (SSSR count). The molecule has 1 aliphatic heterocycles. The molecule has 0 N–H and O–H groups in total. The molecule has 3 aromatic carbocycles. The first-order chi connectivity index (χ1) is 19.9. The van der Waals surface area contributed by atoms with Gasteiger partial charge in [-0.2, -0.15) is 0 Å². The molecule has 7 nitrogen and oxygen atoms in total. The minimum atomic E-state index is -0.726. The average molecular weight is 569 g/mol. The van der Waals surface area contributed by atoms with E-state index in [0.717, 1.165) is 16.7 Å². The van der Waals surface area contributed by atoms with E-state index < -0.39 is 12.0 Å². The van der Waals surface area contributed by atoms with Crippen molar-refractivity contribution < 1.29 is 19.0 Å². The normalized spacial score (nSPS) is 15.0. The van der Waals surface area contributed by atoms with Crippen molar-refractivity contribution >= 4 is 29.1 Å². The van der Waals surface area contributed by atoms with Crippen molar-refractivity contribution in [1.82, 2.24) is 4.57 Å². The van der Waals surface area contributed by atoms with Crippen molar-refractivity contribution in [3.05, 3.63) is 120 Å². The highest BCUT2D eigenvalue weighted by atomic mass is 32.1. The Bertz CT molecular complexity index is 1780. The lowest BCUT2D eigenvalue weighted by molar-refractivity contribution is -0.138. The first-order valence-corrected chi connectivity index (χ1v) is 14.3. The summed E-state index contributed by atoms with van der Waals surface area (Å²) in [5.74, 6) is 1.08. The first kappa shape index (κ1) is 28.1. The van der Waals surface area contributed by atoms with E-state index in [1.165, 1.54) is 11.3 Å². The summed E-state index contributed by atoms with van der Waals surface area (Å²) in [7, 11) is 3.17. The van der Waals surface area contributed by atoms with Gasteiger partial charge in [-0.25, -0.2) is 9.79 Å².